The molecule has 0 saturated carbocycles. The zero-order chi connectivity index (χ0) is 29.1. The van der Waals surface area contributed by atoms with Crippen LogP contribution in [0.3, 0.4) is 0 Å². The highest BCUT2D eigenvalue weighted by atomic mass is 16.7. The van der Waals surface area contributed by atoms with E-state index in [4.69, 9.17) is 18.9 Å². The predicted octanol–water partition coefficient (Wildman–Crippen LogP) is -1.99. The lowest BCUT2D eigenvalue weighted by atomic mass is 9.99. The second-order valence-electron chi connectivity index (χ2n) is 9.33. The summed E-state index contributed by atoms with van der Waals surface area (Å²) in [5.41, 5.74) is 1.11. The molecule has 0 aliphatic carbocycles. The van der Waals surface area contributed by atoms with E-state index in [1.807, 2.05) is 0 Å². The van der Waals surface area contributed by atoms with E-state index in [0.29, 0.717) is 11.1 Å². The van der Waals surface area contributed by atoms with Gasteiger partial charge in [-0.1, -0.05) is 24.3 Å². The number of phenolic OH excluding ortho intramolecular Hbond substituents is 1. The SMILES string of the molecule is O=C(O)C1OC(Oc2cc(/C=C/c3ccc(O)cc3)cc(OC3OC(CO)C(O)C(O)C3O)c2)C(O)C(O)C1O. The highest BCUT2D eigenvalue weighted by molar-refractivity contribution is 5.73. The van der Waals surface area contributed by atoms with Gasteiger partial charge in [-0.25, -0.2) is 4.79 Å². The topological polar surface area (TPSA) is 236 Å². The van der Waals surface area contributed by atoms with Crippen molar-refractivity contribution in [3.05, 3.63) is 53.6 Å². The Morgan fingerprint density at radius 1 is 0.725 bits per heavy atom. The van der Waals surface area contributed by atoms with Crippen LogP contribution >= 0.6 is 0 Å². The third kappa shape index (κ3) is 6.52. The van der Waals surface area contributed by atoms with Gasteiger partial charge in [0, 0.05) is 6.07 Å². The molecule has 2 heterocycles. The lowest BCUT2D eigenvalue weighted by Crippen LogP contribution is -2.61. The van der Waals surface area contributed by atoms with Gasteiger partial charge in [0.2, 0.25) is 12.6 Å². The second-order valence-corrected chi connectivity index (χ2v) is 9.33. The number of hydrogen-bond acceptors (Lipinski definition) is 13. The van der Waals surface area contributed by atoms with Crippen molar-refractivity contribution in [3.8, 4) is 17.2 Å². The van der Waals surface area contributed by atoms with Crippen LogP contribution in [0, 0.1) is 0 Å². The first-order valence-corrected chi connectivity index (χ1v) is 12.2. The van der Waals surface area contributed by atoms with Crippen LogP contribution in [-0.2, 0) is 14.3 Å². The van der Waals surface area contributed by atoms with Crippen molar-refractivity contribution in [1.29, 1.82) is 0 Å². The van der Waals surface area contributed by atoms with Crippen LogP contribution in [0.4, 0.5) is 0 Å². The molecule has 0 amide bonds. The number of phenols is 1. The van der Waals surface area contributed by atoms with Crippen LogP contribution in [0.15, 0.2) is 42.5 Å². The molecule has 0 bridgehead atoms. The highest BCUT2D eigenvalue weighted by Crippen LogP contribution is 2.31. The van der Waals surface area contributed by atoms with Crippen molar-refractivity contribution < 1.29 is 69.7 Å². The largest absolute Gasteiger partial charge is 0.508 e. The Morgan fingerprint density at radius 3 is 1.80 bits per heavy atom. The van der Waals surface area contributed by atoms with Crippen molar-refractivity contribution in [2.24, 2.45) is 0 Å². The van der Waals surface area contributed by atoms with Crippen LogP contribution in [-0.4, -0.2) is 120 Å². The molecule has 4 rings (SSSR count). The summed E-state index contributed by atoms with van der Waals surface area (Å²) in [5, 5.41) is 89.1. The van der Waals surface area contributed by atoms with Gasteiger partial charge in [-0.15, -0.1) is 0 Å². The number of ether oxygens (including phenoxy) is 4. The molecule has 2 aliphatic rings. The Balaban J connectivity index is 1.63. The van der Waals surface area contributed by atoms with Gasteiger partial charge in [-0.2, -0.15) is 0 Å². The summed E-state index contributed by atoms with van der Waals surface area (Å²) in [4.78, 5) is 11.4. The first kappa shape index (κ1) is 29.7. The molecular weight excluding hydrogens is 536 g/mol. The van der Waals surface area contributed by atoms with Crippen molar-refractivity contribution >= 4 is 18.1 Å². The highest BCUT2D eigenvalue weighted by Gasteiger charge is 2.48. The maximum atomic E-state index is 11.4. The summed E-state index contributed by atoms with van der Waals surface area (Å²) in [6.45, 7) is -0.676. The quantitative estimate of drug-likeness (QED) is 0.157. The fourth-order valence-corrected chi connectivity index (χ4v) is 4.19. The Bertz CT molecular complexity index is 1180. The Hall–Kier alpha value is -3.31. The van der Waals surface area contributed by atoms with E-state index in [-0.39, 0.29) is 17.2 Å². The molecular formula is C26H30O14. The number of aliphatic hydroxyl groups excluding tert-OH is 7. The standard InChI is InChI=1S/C26H30O14/c27-10-16-17(29)18(30)21(33)25(39-16)37-14-7-12(2-1-11-3-5-13(28)6-4-11)8-15(9-14)38-26-22(34)19(31)20(32)23(40-26)24(35)36/h1-9,16-23,25-34H,10H2,(H,35,36)/b2-1+. The molecule has 2 aromatic carbocycles. The molecule has 2 aromatic rings. The number of rotatable bonds is 8. The smallest absolute Gasteiger partial charge is 0.335 e. The maximum absolute atomic E-state index is 11.4. The Kier molecular flexibility index (Phi) is 9.25. The number of hydrogen-bond donors (Lipinski definition) is 9. The van der Waals surface area contributed by atoms with E-state index in [1.54, 1.807) is 24.3 Å². The monoisotopic (exact) mass is 566 g/mol. The molecule has 2 saturated heterocycles. The summed E-state index contributed by atoms with van der Waals surface area (Å²) in [6, 6.07) is 10.4. The van der Waals surface area contributed by atoms with Gasteiger partial charge < -0.3 is 64.9 Å². The number of aromatic hydroxyl groups is 1. The van der Waals surface area contributed by atoms with E-state index < -0.39 is 74.0 Å². The minimum Gasteiger partial charge on any atom is -0.508 e. The molecule has 10 atom stereocenters. The fraction of sp³-hybridized carbons (Fsp3) is 0.423. The van der Waals surface area contributed by atoms with Crippen molar-refractivity contribution in [2.75, 3.05) is 6.61 Å². The Morgan fingerprint density at radius 2 is 1.25 bits per heavy atom. The second kappa shape index (κ2) is 12.5. The molecule has 0 aromatic heterocycles. The first-order chi connectivity index (χ1) is 19.0. The lowest BCUT2D eigenvalue weighted by Gasteiger charge is -2.39. The van der Waals surface area contributed by atoms with Gasteiger partial charge in [-0.05, 0) is 35.4 Å². The van der Waals surface area contributed by atoms with Crippen LogP contribution in [0.25, 0.3) is 12.2 Å². The molecule has 14 heteroatoms. The van der Waals surface area contributed by atoms with Crippen LogP contribution in [0.5, 0.6) is 17.2 Å². The summed E-state index contributed by atoms with van der Waals surface area (Å²) >= 11 is 0. The summed E-state index contributed by atoms with van der Waals surface area (Å²) in [5.74, 6) is -1.61. The lowest BCUT2D eigenvalue weighted by molar-refractivity contribution is -0.277. The molecule has 0 spiro atoms. The third-order valence-corrected chi connectivity index (χ3v) is 6.43. The van der Waals surface area contributed by atoms with Gasteiger partial charge in [0.15, 0.2) is 6.10 Å². The fourth-order valence-electron chi connectivity index (χ4n) is 4.19. The van der Waals surface area contributed by atoms with Crippen LogP contribution in [0.1, 0.15) is 11.1 Å². The van der Waals surface area contributed by atoms with Crippen molar-refractivity contribution in [2.45, 2.75) is 61.4 Å². The third-order valence-electron chi connectivity index (χ3n) is 6.43. The van der Waals surface area contributed by atoms with E-state index in [9.17, 15) is 50.8 Å². The van der Waals surface area contributed by atoms with E-state index in [0.717, 1.165) is 0 Å². The normalized spacial score (nSPS) is 34.5. The predicted molar refractivity (Wildman–Crippen MR) is 133 cm³/mol. The van der Waals surface area contributed by atoms with Crippen LogP contribution in [0.2, 0.25) is 0 Å². The van der Waals surface area contributed by atoms with Gasteiger partial charge in [0.1, 0.15) is 60.0 Å². The zero-order valence-electron chi connectivity index (χ0n) is 20.7. The summed E-state index contributed by atoms with van der Waals surface area (Å²) in [6.07, 6.45) is -13.8. The Labute approximate surface area is 227 Å². The number of carbonyl (C=O) groups is 1. The molecule has 2 fully saturated rings. The molecule has 40 heavy (non-hydrogen) atoms. The van der Waals surface area contributed by atoms with Gasteiger partial charge in [0.05, 0.1) is 6.61 Å². The number of carboxylic acid groups (broad SMARTS) is 1. The van der Waals surface area contributed by atoms with Crippen molar-refractivity contribution in [3.63, 3.8) is 0 Å². The van der Waals surface area contributed by atoms with Gasteiger partial charge in [0.25, 0.3) is 0 Å². The molecule has 9 N–H and O–H groups in total. The van der Waals surface area contributed by atoms with Gasteiger partial charge in [-0.3, -0.25) is 0 Å². The molecule has 2 aliphatic heterocycles. The van der Waals surface area contributed by atoms with Gasteiger partial charge >= 0.3 is 5.97 Å². The number of aliphatic carboxylic acids is 1. The first-order valence-electron chi connectivity index (χ1n) is 12.2. The summed E-state index contributed by atoms with van der Waals surface area (Å²) in [7, 11) is 0. The molecule has 218 valence electrons. The maximum Gasteiger partial charge on any atom is 0.335 e. The summed E-state index contributed by atoms with van der Waals surface area (Å²) < 4.78 is 21.9. The van der Waals surface area contributed by atoms with Crippen LogP contribution < -0.4 is 9.47 Å². The van der Waals surface area contributed by atoms with E-state index in [1.165, 1.54) is 30.3 Å². The van der Waals surface area contributed by atoms with E-state index in [2.05, 4.69) is 0 Å². The minimum absolute atomic E-state index is 0.0205. The van der Waals surface area contributed by atoms with Crippen molar-refractivity contribution in [1.82, 2.24) is 0 Å². The number of benzene rings is 2. The number of carboxylic acids is 1. The molecule has 0 radical (unpaired) electrons. The number of aliphatic hydroxyl groups is 7. The van der Waals surface area contributed by atoms with E-state index >= 15 is 0 Å². The molecule has 14 nitrogen and oxygen atoms in total. The average Bonchev–Trinajstić information content (AvgIpc) is 2.93. The zero-order valence-corrected chi connectivity index (χ0v) is 20.7. The average molecular weight is 567 g/mol. The minimum atomic E-state index is -1.92. The molecule has 10 unspecified atom stereocenters.